The van der Waals surface area contributed by atoms with Crippen LogP contribution in [-0.2, 0) is 6.61 Å². The van der Waals surface area contributed by atoms with Crippen LogP contribution < -0.4 is 10.5 Å². The van der Waals surface area contributed by atoms with E-state index < -0.39 is 11.6 Å². The minimum Gasteiger partial charge on any atom is -0.483 e. The second-order valence-electron chi connectivity index (χ2n) is 3.65. The van der Waals surface area contributed by atoms with Crippen molar-refractivity contribution in [2.24, 2.45) is 0 Å². The SMILES string of the molecule is Nc1cccc(F)c1OCc1c(F)cccc1Cl. The Bertz CT molecular complexity index is 483. The molecule has 0 aliphatic rings. The summed E-state index contributed by atoms with van der Waals surface area (Å²) in [7, 11) is 0. The number of benzene rings is 2. The van der Waals surface area contributed by atoms with E-state index in [1.54, 1.807) is 0 Å². The number of para-hydroxylation sites is 1. The molecule has 5 heteroatoms. The van der Waals surface area contributed by atoms with Crippen molar-refractivity contribution in [2.75, 3.05) is 5.73 Å². The van der Waals surface area contributed by atoms with E-state index in [0.29, 0.717) is 0 Å². The molecule has 2 N–H and O–H groups in total. The first-order valence-electron chi connectivity index (χ1n) is 5.19. The highest BCUT2D eigenvalue weighted by atomic mass is 35.5. The Balaban J connectivity index is 2.22. The van der Waals surface area contributed by atoms with Crippen molar-refractivity contribution in [3.63, 3.8) is 0 Å². The van der Waals surface area contributed by atoms with Crippen LogP contribution in [0.25, 0.3) is 0 Å². The third-order valence-electron chi connectivity index (χ3n) is 2.42. The first-order chi connectivity index (χ1) is 8.59. The molecule has 0 aromatic heterocycles. The second kappa shape index (κ2) is 5.23. The van der Waals surface area contributed by atoms with Gasteiger partial charge in [0.05, 0.1) is 10.7 Å². The average molecular weight is 270 g/mol. The number of anilines is 1. The summed E-state index contributed by atoms with van der Waals surface area (Å²) in [5.74, 6) is -1.20. The summed E-state index contributed by atoms with van der Waals surface area (Å²) in [5, 5.41) is 0.227. The van der Waals surface area contributed by atoms with Gasteiger partial charge in [-0.25, -0.2) is 8.78 Å². The third kappa shape index (κ3) is 2.54. The Labute approximate surface area is 108 Å². The topological polar surface area (TPSA) is 35.2 Å². The van der Waals surface area contributed by atoms with Crippen LogP contribution >= 0.6 is 11.6 Å². The summed E-state index contributed by atoms with van der Waals surface area (Å²) < 4.78 is 32.1. The van der Waals surface area contributed by atoms with Crippen molar-refractivity contribution < 1.29 is 13.5 Å². The smallest absolute Gasteiger partial charge is 0.178 e. The van der Waals surface area contributed by atoms with E-state index in [9.17, 15) is 8.78 Å². The lowest BCUT2D eigenvalue weighted by atomic mass is 10.2. The molecule has 2 nitrogen and oxygen atoms in total. The molecular formula is C13H10ClF2NO. The zero-order valence-electron chi connectivity index (χ0n) is 9.29. The molecule has 2 aromatic rings. The number of nitrogens with two attached hydrogens (primary N) is 1. The van der Waals surface area contributed by atoms with Crippen LogP contribution in [0.15, 0.2) is 36.4 Å². The van der Waals surface area contributed by atoms with Crippen molar-refractivity contribution in [3.05, 3.63) is 58.6 Å². The van der Waals surface area contributed by atoms with Crippen molar-refractivity contribution in [1.29, 1.82) is 0 Å². The van der Waals surface area contributed by atoms with Crippen LogP contribution in [0.5, 0.6) is 5.75 Å². The van der Waals surface area contributed by atoms with E-state index in [2.05, 4.69) is 0 Å². The minimum atomic E-state index is -0.595. The van der Waals surface area contributed by atoms with Crippen LogP contribution in [0, 0.1) is 11.6 Å². The standard InChI is InChI=1S/C13H10ClF2NO/c14-9-3-1-4-10(15)8(9)7-18-13-11(16)5-2-6-12(13)17/h1-6H,7,17H2. The summed E-state index contributed by atoms with van der Waals surface area (Å²) in [6, 6.07) is 8.46. The monoisotopic (exact) mass is 269 g/mol. The molecule has 0 fully saturated rings. The molecule has 0 heterocycles. The van der Waals surface area contributed by atoms with Crippen LogP contribution in [-0.4, -0.2) is 0 Å². The molecule has 0 aliphatic heterocycles. The van der Waals surface area contributed by atoms with Gasteiger partial charge in [0.25, 0.3) is 0 Å². The highest BCUT2D eigenvalue weighted by Gasteiger charge is 2.11. The fourth-order valence-corrected chi connectivity index (χ4v) is 1.71. The van der Waals surface area contributed by atoms with Gasteiger partial charge in [0.2, 0.25) is 0 Å². The Morgan fingerprint density at radius 2 is 1.72 bits per heavy atom. The fourth-order valence-electron chi connectivity index (χ4n) is 1.49. The number of hydrogen-bond donors (Lipinski definition) is 1. The number of ether oxygens (including phenoxy) is 1. The van der Waals surface area contributed by atoms with E-state index in [1.807, 2.05) is 0 Å². The molecule has 0 radical (unpaired) electrons. The highest BCUT2D eigenvalue weighted by Crippen LogP contribution is 2.27. The summed E-state index contributed by atoms with van der Waals surface area (Å²) in [6.07, 6.45) is 0. The molecule has 0 saturated heterocycles. The Morgan fingerprint density at radius 3 is 2.39 bits per heavy atom. The van der Waals surface area contributed by atoms with E-state index in [4.69, 9.17) is 22.1 Å². The number of halogens is 3. The Hall–Kier alpha value is -1.81. The first-order valence-corrected chi connectivity index (χ1v) is 5.57. The van der Waals surface area contributed by atoms with Gasteiger partial charge < -0.3 is 10.5 Å². The van der Waals surface area contributed by atoms with Crippen LogP contribution in [0.1, 0.15) is 5.56 Å². The van der Waals surface area contributed by atoms with Gasteiger partial charge in [-0.05, 0) is 24.3 Å². The van der Waals surface area contributed by atoms with Crippen LogP contribution in [0.3, 0.4) is 0 Å². The maximum Gasteiger partial charge on any atom is 0.178 e. The lowest BCUT2D eigenvalue weighted by Gasteiger charge is -2.11. The summed E-state index contributed by atoms with van der Waals surface area (Å²) in [5.41, 5.74) is 5.89. The molecule has 0 aliphatic carbocycles. The zero-order chi connectivity index (χ0) is 13.1. The highest BCUT2D eigenvalue weighted by molar-refractivity contribution is 6.31. The maximum atomic E-state index is 13.5. The van der Waals surface area contributed by atoms with Crippen molar-refractivity contribution in [2.45, 2.75) is 6.61 Å². The zero-order valence-corrected chi connectivity index (χ0v) is 10.0. The van der Waals surface area contributed by atoms with E-state index >= 15 is 0 Å². The van der Waals surface area contributed by atoms with Gasteiger partial charge in [-0.1, -0.05) is 23.7 Å². The van der Waals surface area contributed by atoms with Crippen LogP contribution in [0.4, 0.5) is 14.5 Å². The molecule has 0 spiro atoms. The number of nitrogen functional groups attached to an aromatic ring is 1. The van der Waals surface area contributed by atoms with E-state index in [0.717, 1.165) is 0 Å². The fraction of sp³-hybridized carbons (Fsp3) is 0.0769. The van der Waals surface area contributed by atoms with E-state index in [-0.39, 0.29) is 28.6 Å². The predicted molar refractivity (Wildman–Crippen MR) is 66.6 cm³/mol. The molecule has 0 unspecified atom stereocenters. The van der Waals surface area contributed by atoms with Gasteiger partial charge in [-0.2, -0.15) is 0 Å². The third-order valence-corrected chi connectivity index (χ3v) is 2.77. The lowest BCUT2D eigenvalue weighted by molar-refractivity contribution is 0.286. The molecule has 2 aromatic carbocycles. The normalized spacial score (nSPS) is 10.4. The van der Waals surface area contributed by atoms with Gasteiger partial charge >= 0.3 is 0 Å². The first kappa shape index (κ1) is 12.6. The van der Waals surface area contributed by atoms with Gasteiger partial charge in [0.15, 0.2) is 11.6 Å². The predicted octanol–water partition coefficient (Wildman–Crippen LogP) is 3.78. The van der Waals surface area contributed by atoms with Gasteiger partial charge in [-0.3, -0.25) is 0 Å². The summed E-state index contributed by atoms with van der Waals surface area (Å²) >= 11 is 5.83. The molecule has 0 bridgehead atoms. The quantitative estimate of drug-likeness (QED) is 0.861. The summed E-state index contributed by atoms with van der Waals surface area (Å²) in [6.45, 7) is -0.184. The lowest BCUT2D eigenvalue weighted by Crippen LogP contribution is -2.03. The molecule has 2 rings (SSSR count). The molecule has 94 valence electrons. The van der Waals surface area contributed by atoms with Crippen molar-refractivity contribution in [1.82, 2.24) is 0 Å². The molecule has 0 amide bonds. The second-order valence-corrected chi connectivity index (χ2v) is 4.05. The van der Waals surface area contributed by atoms with Gasteiger partial charge in [0, 0.05) is 5.56 Å². The molecule has 0 atom stereocenters. The maximum absolute atomic E-state index is 13.5. The molecule has 0 saturated carbocycles. The summed E-state index contributed by atoms with van der Waals surface area (Å²) in [4.78, 5) is 0. The van der Waals surface area contributed by atoms with Crippen molar-refractivity contribution in [3.8, 4) is 5.75 Å². The van der Waals surface area contributed by atoms with Crippen molar-refractivity contribution >= 4 is 17.3 Å². The molecular weight excluding hydrogens is 260 g/mol. The van der Waals surface area contributed by atoms with Gasteiger partial charge in [0.1, 0.15) is 12.4 Å². The van der Waals surface area contributed by atoms with Gasteiger partial charge in [-0.15, -0.1) is 0 Å². The number of hydrogen-bond acceptors (Lipinski definition) is 2. The Kier molecular flexibility index (Phi) is 3.67. The Morgan fingerprint density at radius 1 is 1.06 bits per heavy atom. The van der Waals surface area contributed by atoms with E-state index in [1.165, 1.54) is 36.4 Å². The largest absolute Gasteiger partial charge is 0.483 e. The minimum absolute atomic E-state index is 0.100. The average Bonchev–Trinajstić information content (AvgIpc) is 2.31. The van der Waals surface area contributed by atoms with Crippen LogP contribution in [0.2, 0.25) is 5.02 Å². The molecule has 18 heavy (non-hydrogen) atoms. The number of rotatable bonds is 3.